The number of H-pyrrole nitrogens is 1. The SMILES string of the molecule is Oc1ccc(-n2nc(-c3nc4c(ccc5ccccc54)[nH]3)c3ccccc32)cc1. The van der Waals surface area contributed by atoms with Crippen LogP contribution in [0.2, 0.25) is 0 Å². The van der Waals surface area contributed by atoms with E-state index < -0.39 is 0 Å². The Labute approximate surface area is 165 Å². The van der Waals surface area contributed by atoms with Crippen molar-refractivity contribution in [3.8, 4) is 23.0 Å². The van der Waals surface area contributed by atoms with Crippen molar-refractivity contribution in [3.05, 3.63) is 84.9 Å². The summed E-state index contributed by atoms with van der Waals surface area (Å²) in [7, 11) is 0. The summed E-state index contributed by atoms with van der Waals surface area (Å²) >= 11 is 0. The molecule has 0 atom stereocenters. The Bertz CT molecular complexity index is 1510. The average Bonchev–Trinajstić information content (AvgIpc) is 3.36. The second-order valence-corrected chi connectivity index (χ2v) is 7.06. The summed E-state index contributed by atoms with van der Waals surface area (Å²) in [6, 6.07) is 27.6. The fraction of sp³-hybridized carbons (Fsp3) is 0. The lowest BCUT2D eigenvalue weighted by atomic mass is 10.1. The van der Waals surface area contributed by atoms with Crippen LogP contribution in [0.25, 0.3) is 49.9 Å². The zero-order valence-electron chi connectivity index (χ0n) is 15.4. The van der Waals surface area contributed by atoms with Crippen molar-refractivity contribution in [3.63, 3.8) is 0 Å². The summed E-state index contributed by atoms with van der Waals surface area (Å²) < 4.78 is 1.88. The highest BCUT2D eigenvalue weighted by molar-refractivity contribution is 6.05. The van der Waals surface area contributed by atoms with Crippen LogP contribution in [0, 0.1) is 0 Å². The van der Waals surface area contributed by atoms with Gasteiger partial charge in [0.2, 0.25) is 0 Å². The molecule has 0 bridgehead atoms. The van der Waals surface area contributed by atoms with E-state index in [4.69, 9.17) is 10.1 Å². The molecule has 0 radical (unpaired) electrons. The molecule has 4 aromatic carbocycles. The molecule has 0 fully saturated rings. The minimum absolute atomic E-state index is 0.231. The fourth-order valence-electron chi connectivity index (χ4n) is 3.89. The Kier molecular flexibility index (Phi) is 3.25. The second-order valence-electron chi connectivity index (χ2n) is 7.06. The summed E-state index contributed by atoms with van der Waals surface area (Å²) in [5.74, 6) is 0.972. The van der Waals surface area contributed by atoms with E-state index in [0.717, 1.165) is 49.9 Å². The molecule has 29 heavy (non-hydrogen) atoms. The van der Waals surface area contributed by atoms with Gasteiger partial charge in [0.1, 0.15) is 11.4 Å². The van der Waals surface area contributed by atoms with Crippen molar-refractivity contribution < 1.29 is 5.11 Å². The number of benzene rings is 4. The molecule has 5 heteroatoms. The maximum atomic E-state index is 9.62. The summed E-state index contributed by atoms with van der Waals surface area (Å²) in [6.45, 7) is 0. The van der Waals surface area contributed by atoms with E-state index in [2.05, 4.69) is 35.3 Å². The van der Waals surface area contributed by atoms with Crippen molar-refractivity contribution in [2.45, 2.75) is 0 Å². The monoisotopic (exact) mass is 376 g/mol. The third-order valence-corrected chi connectivity index (χ3v) is 5.28. The van der Waals surface area contributed by atoms with Gasteiger partial charge in [-0.3, -0.25) is 0 Å². The first-order valence-electron chi connectivity index (χ1n) is 9.43. The number of imidazole rings is 1. The molecular weight excluding hydrogens is 360 g/mol. The van der Waals surface area contributed by atoms with Gasteiger partial charge < -0.3 is 10.1 Å². The molecule has 6 aromatic rings. The minimum atomic E-state index is 0.231. The summed E-state index contributed by atoms with van der Waals surface area (Å²) in [5, 5.41) is 17.8. The molecule has 0 saturated heterocycles. The van der Waals surface area contributed by atoms with Crippen LogP contribution in [-0.2, 0) is 0 Å². The van der Waals surface area contributed by atoms with Crippen LogP contribution in [0.5, 0.6) is 5.75 Å². The Morgan fingerprint density at radius 2 is 1.52 bits per heavy atom. The molecule has 2 N–H and O–H groups in total. The number of hydrogen-bond donors (Lipinski definition) is 2. The number of para-hydroxylation sites is 1. The van der Waals surface area contributed by atoms with E-state index in [1.165, 1.54) is 0 Å². The van der Waals surface area contributed by atoms with Gasteiger partial charge in [0.15, 0.2) is 5.82 Å². The predicted molar refractivity (Wildman–Crippen MR) is 115 cm³/mol. The number of fused-ring (bicyclic) bond motifs is 4. The molecule has 6 rings (SSSR count). The summed E-state index contributed by atoms with van der Waals surface area (Å²) in [5.41, 5.74) is 4.60. The third kappa shape index (κ3) is 2.41. The van der Waals surface area contributed by atoms with Gasteiger partial charge in [-0.25, -0.2) is 9.67 Å². The van der Waals surface area contributed by atoms with Crippen LogP contribution in [0.1, 0.15) is 0 Å². The lowest BCUT2D eigenvalue weighted by Gasteiger charge is -2.03. The molecule has 0 aliphatic carbocycles. The van der Waals surface area contributed by atoms with E-state index in [9.17, 15) is 5.11 Å². The predicted octanol–water partition coefficient (Wildman–Crippen LogP) is 5.43. The highest BCUT2D eigenvalue weighted by Gasteiger charge is 2.17. The van der Waals surface area contributed by atoms with Crippen LogP contribution in [0.3, 0.4) is 0 Å². The Morgan fingerprint density at radius 1 is 0.759 bits per heavy atom. The van der Waals surface area contributed by atoms with Gasteiger partial charge >= 0.3 is 0 Å². The number of hydrogen-bond acceptors (Lipinski definition) is 3. The van der Waals surface area contributed by atoms with Gasteiger partial charge in [0, 0.05) is 10.8 Å². The molecule has 2 aromatic heterocycles. The number of aromatic nitrogens is 4. The van der Waals surface area contributed by atoms with Crippen LogP contribution in [0.15, 0.2) is 84.9 Å². The maximum absolute atomic E-state index is 9.62. The zero-order valence-corrected chi connectivity index (χ0v) is 15.4. The zero-order chi connectivity index (χ0) is 19.4. The smallest absolute Gasteiger partial charge is 0.159 e. The van der Waals surface area contributed by atoms with Crippen LogP contribution < -0.4 is 0 Å². The lowest BCUT2D eigenvalue weighted by molar-refractivity contribution is 0.475. The summed E-state index contributed by atoms with van der Waals surface area (Å²) in [6.07, 6.45) is 0. The molecule has 0 aliphatic rings. The third-order valence-electron chi connectivity index (χ3n) is 5.28. The highest BCUT2D eigenvalue weighted by Crippen LogP contribution is 2.31. The van der Waals surface area contributed by atoms with E-state index >= 15 is 0 Å². The van der Waals surface area contributed by atoms with Crippen LogP contribution in [0.4, 0.5) is 0 Å². The van der Waals surface area contributed by atoms with Crippen molar-refractivity contribution in [2.75, 3.05) is 0 Å². The quantitative estimate of drug-likeness (QED) is 0.424. The van der Waals surface area contributed by atoms with Gasteiger partial charge in [-0.2, -0.15) is 5.10 Å². The van der Waals surface area contributed by atoms with E-state index in [-0.39, 0.29) is 5.75 Å². The standard InChI is InChI=1S/C24H16N4O/c29-17-12-10-16(11-13-17)28-21-8-4-3-7-19(21)23(27-28)24-25-20-14-9-15-5-1-2-6-18(15)22(20)26-24/h1-14,29H,(H,25,26). The first kappa shape index (κ1) is 15.9. The Balaban J connectivity index is 1.62. The molecule has 5 nitrogen and oxygen atoms in total. The van der Waals surface area contributed by atoms with E-state index in [1.807, 2.05) is 47.1 Å². The molecule has 0 amide bonds. The van der Waals surface area contributed by atoms with E-state index in [1.54, 1.807) is 12.1 Å². The van der Waals surface area contributed by atoms with Gasteiger partial charge in [-0.15, -0.1) is 0 Å². The van der Waals surface area contributed by atoms with Crippen molar-refractivity contribution in [1.82, 2.24) is 19.7 Å². The molecule has 2 heterocycles. The first-order valence-corrected chi connectivity index (χ1v) is 9.43. The number of nitrogens with one attached hydrogen (secondary N) is 1. The van der Waals surface area contributed by atoms with Gasteiger partial charge in [-0.05, 0) is 41.8 Å². The van der Waals surface area contributed by atoms with Gasteiger partial charge in [-0.1, -0.05) is 48.5 Å². The summed E-state index contributed by atoms with van der Waals surface area (Å²) in [4.78, 5) is 8.35. The number of phenolic OH excluding ortho intramolecular Hbond substituents is 1. The van der Waals surface area contributed by atoms with Gasteiger partial charge in [0.05, 0.1) is 22.2 Å². The Hall–Kier alpha value is -4.12. The highest BCUT2D eigenvalue weighted by atomic mass is 16.3. The number of aromatic amines is 1. The largest absolute Gasteiger partial charge is 0.508 e. The molecule has 0 unspecified atom stereocenters. The molecule has 138 valence electrons. The average molecular weight is 376 g/mol. The topological polar surface area (TPSA) is 66.7 Å². The number of phenols is 1. The number of nitrogens with zero attached hydrogens (tertiary/aromatic N) is 3. The van der Waals surface area contributed by atoms with Crippen LogP contribution in [-0.4, -0.2) is 24.9 Å². The fourth-order valence-corrected chi connectivity index (χ4v) is 3.89. The number of rotatable bonds is 2. The van der Waals surface area contributed by atoms with Crippen molar-refractivity contribution in [2.24, 2.45) is 0 Å². The lowest BCUT2D eigenvalue weighted by Crippen LogP contribution is -1.96. The van der Waals surface area contributed by atoms with Crippen molar-refractivity contribution >= 4 is 32.7 Å². The van der Waals surface area contributed by atoms with Crippen molar-refractivity contribution in [1.29, 1.82) is 0 Å². The Morgan fingerprint density at radius 3 is 2.38 bits per heavy atom. The normalized spacial score (nSPS) is 11.6. The van der Waals surface area contributed by atoms with Gasteiger partial charge in [0.25, 0.3) is 0 Å². The second kappa shape index (κ2) is 5.94. The minimum Gasteiger partial charge on any atom is -0.508 e. The molecule has 0 spiro atoms. The molecule has 0 saturated carbocycles. The molecule has 0 aliphatic heterocycles. The maximum Gasteiger partial charge on any atom is 0.159 e. The number of aromatic hydroxyl groups is 1. The van der Waals surface area contributed by atoms with E-state index in [0.29, 0.717) is 0 Å². The van der Waals surface area contributed by atoms with Crippen LogP contribution >= 0.6 is 0 Å². The first-order chi connectivity index (χ1) is 14.3. The molecular formula is C24H16N4O.